The zero-order valence-electron chi connectivity index (χ0n) is 15.5. The predicted molar refractivity (Wildman–Crippen MR) is 104 cm³/mol. The molecule has 0 bridgehead atoms. The van der Waals surface area contributed by atoms with Crippen molar-refractivity contribution in [3.63, 3.8) is 0 Å². The van der Waals surface area contributed by atoms with Crippen molar-refractivity contribution in [1.82, 2.24) is 0 Å². The molecular weight excluding hydrogens is 308 g/mol. The summed E-state index contributed by atoms with van der Waals surface area (Å²) in [5.41, 5.74) is 3.19. The first-order valence-corrected chi connectivity index (χ1v) is 9.20. The SMILES string of the molecule is CCCOc1ccc(C#Cc2ccc(COC(CC)CC)cc2)cc1. The molecular formula is C23H28O2. The molecule has 0 unspecified atom stereocenters. The van der Waals surface area contributed by atoms with E-state index in [1.165, 1.54) is 5.56 Å². The van der Waals surface area contributed by atoms with Crippen LogP contribution >= 0.6 is 0 Å². The highest BCUT2D eigenvalue weighted by atomic mass is 16.5. The second-order valence-corrected chi connectivity index (χ2v) is 6.07. The van der Waals surface area contributed by atoms with Crippen molar-refractivity contribution < 1.29 is 9.47 Å². The van der Waals surface area contributed by atoms with Crippen LogP contribution in [0.4, 0.5) is 0 Å². The van der Waals surface area contributed by atoms with Crippen LogP contribution in [0.2, 0.25) is 0 Å². The zero-order chi connectivity index (χ0) is 17.9. The molecule has 25 heavy (non-hydrogen) atoms. The molecule has 0 saturated carbocycles. The summed E-state index contributed by atoms with van der Waals surface area (Å²) >= 11 is 0. The maximum atomic E-state index is 5.89. The molecule has 2 aromatic rings. The monoisotopic (exact) mass is 336 g/mol. The van der Waals surface area contributed by atoms with E-state index in [0.29, 0.717) is 12.7 Å². The summed E-state index contributed by atoms with van der Waals surface area (Å²) in [7, 11) is 0. The highest BCUT2D eigenvalue weighted by molar-refractivity contribution is 5.44. The van der Waals surface area contributed by atoms with Gasteiger partial charge in [0.25, 0.3) is 0 Å². The maximum absolute atomic E-state index is 5.89. The molecule has 0 aromatic heterocycles. The van der Waals surface area contributed by atoms with E-state index < -0.39 is 0 Å². The van der Waals surface area contributed by atoms with Gasteiger partial charge in [-0.15, -0.1) is 0 Å². The highest BCUT2D eigenvalue weighted by Crippen LogP contribution is 2.12. The summed E-state index contributed by atoms with van der Waals surface area (Å²) in [5.74, 6) is 7.30. The lowest BCUT2D eigenvalue weighted by molar-refractivity contribution is 0.0358. The van der Waals surface area contributed by atoms with E-state index in [4.69, 9.17) is 9.47 Å². The molecule has 0 N–H and O–H groups in total. The second kappa shape index (κ2) is 10.6. The fourth-order valence-electron chi connectivity index (χ4n) is 2.42. The molecule has 0 fully saturated rings. The van der Waals surface area contributed by atoms with Gasteiger partial charge in [-0.25, -0.2) is 0 Å². The van der Waals surface area contributed by atoms with Gasteiger partial charge in [0, 0.05) is 11.1 Å². The van der Waals surface area contributed by atoms with Crippen LogP contribution in [0, 0.1) is 11.8 Å². The third kappa shape index (κ3) is 6.64. The van der Waals surface area contributed by atoms with Gasteiger partial charge in [-0.1, -0.05) is 44.7 Å². The molecule has 0 aliphatic heterocycles. The summed E-state index contributed by atoms with van der Waals surface area (Å²) in [5, 5.41) is 0. The average molecular weight is 336 g/mol. The maximum Gasteiger partial charge on any atom is 0.119 e. The zero-order valence-corrected chi connectivity index (χ0v) is 15.5. The Morgan fingerprint density at radius 2 is 1.36 bits per heavy atom. The van der Waals surface area contributed by atoms with Crippen LogP contribution in [-0.2, 0) is 11.3 Å². The minimum Gasteiger partial charge on any atom is -0.494 e. The normalized spacial score (nSPS) is 10.4. The van der Waals surface area contributed by atoms with Crippen LogP contribution < -0.4 is 4.74 Å². The standard InChI is InChI=1S/C23H28O2/c1-4-17-24-23-15-13-20(14-16-23)8-7-19-9-11-21(12-10-19)18-25-22(5-2)6-3/h9-16,22H,4-6,17-18H2,1-3H3. The summed E-state index contributed by atoms with van der Waals surface area (Å²) in [6, 6.07) is 16.2. The molecule has 0 amide bonds. The molecule has 2 rings (SSSR count). The first-order valence-electron chi connectivity index (χ1n) is 9.20. The van der Waals surface area contributed by atoms with Crippen molar-refractivity contribution in [2.75, 3.05) is 6.61 Å². The van der Waals surface area contributed by atoms with Crippen LogP contribution in [0.25, 0.3) is 0 Å². The van der Waals surface area contributed by atoms with Gasteiger partial charge in [0.15, 0.2) is 0 Å². The van der Waals surface area contributed by atoms with Crippen molar-refractivity contribution in [1.29, 1.82) is 0 Å². The molecule has 0 aliphatic carbocycles. The van der Waals surface area contributed by atoms with Crippen molar-refractivity contribution >= 4 is 0 Å². The lowest BCUT2D eigenvalue weighted by Gasteiger charge is -2.13. The fourth-order valence-corrected chi connectivity index (χ4v) is 2.42. The number of rotatable bonds is 8. The third-order valence-corrected chi connectivity index (χ3v) is 4.03. The second-order valence-electron chi connectivity index (χ2n) is 6.07. The predicted octanol–water partition coefficient (Wildman–Crippen LogP) is 5.58. The van der Waals surface area contributed by atoms with Crippen molar-refractivity contribution in [2.45, 2.75) is 52.7 Å². The molecule has 0 spiro atoms. The Bertz CT molecular complexity index is 671. The molecule has 132 valence electrons. The van der Waals surface area contributed by atoms with E-state index >= 15 is 0 Å². The smallest absolute Gasteiger partial charge is 0.119 e. The van der Waals surface area contributed by atoms with E-state index in [0.717, 1.165) is 42.7 Å². The first-order chi connectivity index (χ1) is 12.2. The number of hydrogen-bond donors (Lipinski definition) is 0. The van der Waals surface area contributed by atoms with Crippen molar-refractivity contribution in [3.8, 4) is 17.6 Å². The van der Waals surface area contributed by atoms with Crippen molar-refractivity contribution in [2.24, 2.45) is 0 Å². The summed E-state index contributed by atoms with van der Waals surface area (Å²) in [6.07, 6.45) is 3.48. The van der Waals surface area contributed by atoms with Crippen molar-refractivity contribution in [3.05, 3.63) is 65.2 Å². The van der Waals surface area contributed by atoms with E-state index in [-0.39, 0.29) is 0 Å². The van der Waals surface area contributed by atoms with Gasteiger partial charge in [-0.3, -0.25) is 0 Å². The molecule has 0 radical (unpaired) electrons. The van der Waals surface area contributed by atoms with E-state index in [1.807, 2.05) is 24.3 Å². The Morgan fingerprint density at radius 3 is 1.88 bits per heavy atom. The van der Waals surface area contributed by atoms with Crippen LogP contribution in [0.15, 0.2) is 48.5 Å². The van der Waals surface area contributed by atoms with Gasteiger partial charge in [0.2, 0.25) is 0 Å². The van der Waals surface area contributed by atoms with Crippen LogP contribution in [0.3, 0.4) is 0 Å². The minimum atomic E-state index is 0.351. The number of benzene rings is 2. The van der Waals surface area contributed by atoms with Crippen LogP contribution in [-0.4, -0.2) is 12.7 Å². The Kier molecular flexibility index (Phi) is 8.09. The van der Waals surface area contributed by atoms with Gasteiger partial charge in [0.05, 0.1) is 19.3 Å². The summed E-state index contributed by atoms with van der Waals surface area (Å²) < 4.78 is 11.5. The largest absolute Gasteiger partial charge is 0.494 e. The Labute approximate surface area is 152 Å². The fraction of sp³-hybridized carbons (Fsp3) is 0.391. The number of hydrogen-bond acceptors (Lipinski definition) is 2. The molecule has 2 nitrogen and oxygen atoms in total. The van der Waals surface area contributed by atoms with E-state index in [1.54, 1.807) is 0 Å². The van der Waals surface area contributed by atoms with Gasteiger partial charge < -0.3 is 9.47 Å². The lowest BCUT2D eigenvalue weighted by atomic mass is 10.1. The average Bonchev–Trinajstić information content (AvgIpc) is 2.67. The Hall–Kier alpha value is -2.24. The van der Waals surface area contributed by atoms with Crippen LogP contribution in [0.5, 0.6) is 5.75 Å². The molecule has 0 heterocycles. The molecule has 0 atom stereocenters. The number of ether oxygens (including phenoxy) is 2. The lowest BCUT2D eigenvalue weighted by Crippen LogP contribution is -2.09. The van der Waals surface area contributed by atoms with Gasteiger partial charge >= 0.3 is 0 Å². The third-order valence-electron chi connectivity index (χ3n) is 4.03. The topological polar surface area (TPSA) is 18.5 Å². The van der Waals surface area contributed by atoms with Gasteiger partial charge in [-0.05, 0) is 61.2 Å². The summed E-state index contributed by atoms with van der Waals surface area (Å²) in [4.78, 5) is 0. The summed E-state index contributed by atoms with van der Waals surface area (Å²) in [6.45, 7) is 7.84. The molecule has 2 aromatic carbocycles. The Balaban J connectivity index is 1.92. The first kappa shape index (κ1) is 19.1. The van der Waals surface area contributed by atoms with Crippen LogP contribution in [0.1, 0.15) is 56.7 Å². The molecule has 2 heteroatoms. The van der Waals surface area contributed by atoms with E-state index in [2.05, 4.69) is 56.9 Å². The minimum absolute atomic E-state index is 0.351. The highest BCUT2D eigenvalue weighted by Gasteiger charge is 2.03. The molecule has 0 saturated heterocycles. The molecule has 0 aliphatic rings. The van der Waals surface area contributed by atoms with E-state index in [9.17, 15) is 0 Å². The van der Waals surface area contributed by atoms with Gasteiger partial charge in [0.1, 0.15) is 5.75 Å². The quantitative estimate of drug-likeness (QED) is 0.586. The van der Waals surface area contributed by atoms with Gasteiger partial charge in [-0.2, -0.15) is 0 Å². The Morgan fingerprint density at radius 1 is 0.800 bits per heavy atom.